The van der Waals surface area contributed by atoms with Crippen LogP contribution in [0.25, 0.3) is 0 Å². The lowest BCUT2D eigenvalue weighted by Crippen LogP contribution is -2.43. The molecular formula is C23H36N2O2. The van der Waals surface area contributed by atoms with E-state index in [4.69, 9.17) is 0 Å². The summed E-state index contributed by atoms with van der Waals surface area (Å²) in [6.45, 7) is 2.06. The van der Waals surface area contributed by atoms with Crippen LogP contribution in [-0.4, -0.2) is 47.8 Å². The Morgan fingerprint density at radius 2 is 1.37 bits per heavy atom. The number of likely N-dealkylation sites (N-methyl/N-ethyl adjacent to an activating group) is 1. The maximum absolute atomic E-state index is 13.0. The summed E-state index contributed by atoms with van der Waals surface area (Å²) in [5.74, 6) is 0.228. The van der Waals surface area contributed by atoms with Crippen LogP contribution in [0.15, 0.2) is 23.8 Å². The second-order valence-electron chi connectivity index (χ2n) is 8.81. The number of hydrogen-bond donors (Lipinski definition) is 0. The van der Waals surface area contributed by atoms with Crippen molar-refractivity contribution < 1.29 is 9.59 Å². The van der Waals surface area contributed by atoms with Gasteiger partial charge < -0.3 is 9.80 Å². The van der Waals surface area contributed by atoms with Crippen LogP contribution in [-0.2, 0) is 9.59 Å². The van der Waals surface area contributed by atoms with Crippen LogP contribution in [0, 0.1) is 11.8 Å². The average molecular weight is 373 g/mol. The van der Waals surface area contributed by atoms with Gasteiger partial charge in [0.15, 0.2) is 0 Å². The van der Waals surface area contributed by atoms with Crippen molar-refractivity contribution in [3.63, 3.8) is 0 Å². The monoisotopic (exact) mass is 372 g/mol. The van der Waals surface area contributed by atoms with Gasteiger partial charge in [-0.2, -0.15) is 0 Å². The minimum atomic E-state index is -0.145. The van der Waals surface area contributed by atoms with E-state index in [2.05, 4.69) is 6.92 Å². The number of rotatable bonds is 4. The zero-order valence-electron chi connectivity index (χ0n) is 17.3. The molecule has 0 N–H and O–H groups in total. The van der Waals surface area contributed by atoms with Gasteiger partial charge in [-0.15, -0.1) is 0 Å². The summed E-state index contributed by atoms with van der Waals surface area (Å²) in [5.41, 5.74) is 0.750. The molecule has 0 bridgehead atoms. The lowest BCUT2D eigenvalue weighted by atomic mass is 9.84. The van der Waals surface area contributed by atoms with Gasteiger partial charge in [0.25, 0.3) is 5.91 Å². The van der Waals surface area contributed by atoms with Crippen molar-refractivity contribution in [1.29, 1.82) is 0 Å². The minimum Gasteiger partial charge on any atom is -0.342 e. The molecule has 27 heavy (non-hydrogen) atoms. The predicted octanol–water partition coefficient (Wildman–Crippen LogP) is 4.32. The predicted molar refractivity (Wildman–Crippen MR) is 109 cm³/mol. The molecular weight excluding hydrogens is 336 g/mol. The summed E-state index contributed by atoms with van der Waals surface area (Å²) in [6, 6.07) is 0.754. The molecule has 0 radical (unpaired) electrons. The number of amides is 2. The molecule has 0 aliphatic heterocycles. The van der Waals surface area contributed by atoms with Gasteiger partial charge in [-0.25, -0.2) is 0 Å². The molecule has 2 atom stereocenters. The van der Waals surface area contributed by atoms with Gasteiger partial charge in [0.1, 0.15) is 0 Å². The van der Waals surface area contributed by atoms with Crippen molar-refractivity contribution in [2.45, 2.75) is 83.2 Å². The van der Waals surface area contributed by atoms with Crippen LogP contribution in [0.1, 0.15) is 71.1 Å². The van der Waals surface area contributed by atoms with Crippen LogP contribution in [0.5, 0.6) is 0 Å². The molecule has 3 aliphatic rings. The second kappa shape index (κ2) is 9.07. The van der Waals surface area contributed by atoms with Crippen molar-refractivity contribution in [1.82, 2.24) is 9.80 Å². The molecule has 2 unspecified atom stereocenters. The number of hydrogen-bond acceptors (Lipinski definition) is 2. The maximum atomic E-state index is 13.0. The van der Waals surface area contributed by atoms with Crippen LogP contribution in [0.4, 0.5) is 0 Å². The van der Waals surface area contributed by atoms with Gasteiger partial charge in [-0.1, -0.05) is 63.7 Å². The fraction of sp³-hybridized carbons (Fsp3) is 0.739. The van der Waals surface area contributed by atoms with Crippen molar-refractivity contribution in [2.24, 2.45) is 11.8 Å². The van der Waals surface area contributed by atoms with Gasteiger partial charge in [-0.3, -0.25) is 9.59 Å². The van der Waals surface area contributed by atoms with Gasteiger partial charge >= 0.3 is 0 Å². The first-order valence-corrected chi connectivity index (χ1v) is 10.9. The SMILES string of the molecule is CC1C=C(C(=O)N(C)C2CCCCC2)C=CC1C(=O)N(C)C1CCCCC1. The molecule has 4 nitrogen and oxygen atoms in total. The molecule has 3 aliphatic carbocycles. The Labute approximate surface area is 164 Å². The summed E-state index contributed by atoms with van der Waals surface area (Å²) in [6.07, 6.45) is 17.8. The second-order valence-corrected chi connectivity index (χ2v) is 8.81. The van der Waals surface area contributed by atoms with E-state index in [1.54, 1.807) is 0 Å². The lowest BCUT2D eigenvalue weighted by molar-refractivity contribution is -0.136. The number of carbonyl (C=O) groups is 2. The van der Waals surface area contributed by atoms with Crippen molar-refractivity contribution in [2.75, 3.05) is 14.1 Å². The highest BCUT2D eigenvalue weighted by Crippen LogP contribution is 2.30. The Kier molecular flexibility index (Phi) is 6.78. The van der Waals surface area contributed by atoms with Gasteiger partial charge in [0.05, 0.1) is 5.92 Å². The highest BCUT2D eigenvalue weighted by atomic mass is 16.2. The molecule has 0 heterocycles. The standard InChI is InChI=1S/C23H36N2O2/c1-17-16-18(22(26)24(2)19-10-6-4-7-11-19)14-15-21(17)23(27)25(3)20-12-8-5-9-13-20/h14-17,19-21H,4-13H2,1-3H3. The zero-order chi connectivity index (χ0) is 19.4. The van der Waals surface area contributed by atoms with Crippen LogP contribution in [0.2, 0.25) is 0 Å². The van der Waals surface area contributed by atoms with Crippen molar-refractivity contribution in [3.8, 4) is 0 Å². The molecule has 0 aromatic rings. The molecule has 2 amide bonds. The average Bonchev–Trinajstić information content (AvgIpc) is 2.72. The molecule has 0 spiro atoms. The first kappa shape index (κ1) is 20.2. The van der Waals surface area contributed by atoms with E-state index in [-0.39, 0.29) is 23.7 Å². The molecule has 0 aromatic carbocycles. The summed E-state index contributed by atoms with van der Waals surface area (Å²) < 4.78 is 0. The van der Waals surface area contributed by atoms with Crippen LogP contribution in [0.3, 0.4) is 0 Å². The Morgan fingerprint density at radius 1 is 0.852 bits per heavy atom. The summed E-state index contributed by atoms with van der Waals surface area (Å²) in [5, 5.41) is 0. The zero-order valence-corrected chi connectivity index (χ0v) is 17.3. The van der Waals surface area contributed by atoms with E-state index in [0.29, 0.717) is 12.1 Å². The third kappa shape index (κ3) is 4.64. The van der Waals surface area contributed by atoms with Gasteiger partial charge in [0, 0.05) is 31.8 Å². The summed E-state index contributed by atoms with van der Waals surface area (Å²) in [7, 11) is 3.89. The van der Waals surface area contributed by atoms with Crippen molar-refractivity contribution >= 4 is 11.8 Å². The number of nitrogens with zero attached hydrogens (tertiary/aromatic N) is 2. The molecule has 2 fully saturated rings. The Bertz CT molecular complexity index is 597. The fourth-order valence-electron chi connectivity index (χ4n) is 5.00. The number of allylic oxidation sites excluding steroid dienone is 1. The Hall–Kier alpha value is -1.58. The summed E-state index contributed by atoms with van der Waals surface area (Å²) >= 11 is 0. The van der Waals surface area contributed by atoms with Crippen LogP contribution < -0.4 is 0 Å². The quantitative estimate of drug-likeness (QED) is 0.737. The molecule has 4 heteroatoms. The van der Waals surface area contributed by atoms with E-state index in [0.717, 1.165) is 31.3 Å². The normalized spacial score (nSPS) is 27.1. The first-order valence-electron chi connectivity index (χ1n) is 10.9. The summed E-state index contributed by atoms with van der Waals surface area (Å²) in [4.78, 5) is 29.8. The van der Waals surface area contributed by atoms with E-state index in [1.165, 1.54) is 38.5 Å². The number of carbonyl (C=O) groups excluding carboxylic acids is 2. The highest BCUT2D eigenvalue weighted by Gasteiger charge is 2.32. The Morgan fingerprint density at radius 3 is 1.89 bits per heavy atom. The lowest BCUT2D eigenvalue weighted by Gasteiger charge is -2.35. The topological polar surface area (TPSA) is 40.6 Å². The van der Waals surface area contributed by atoms with Crippen molar-refractivity contribution in [3.05, 3.63) is 23.8 Å². The van der Waals surface area contributed by atoms with Crippen LogP contribution >= 0.6 is 0 Å². The molecule has 2 saturated carbocycles. The van der Waals surface area contributed by atoms with E-state index in [1.807, 2.05) is 42.1 Å². The minimum absolute atomic E-state index is 0.0623. The van der Waals surface area contributed by atoms with E-state index < -0.39 is 0 Å². The molecule has 150 valence electrons. The fourth-order valence-corrected chi connectivity index (χ4v) is 5.00. The van der Waals surface area contributed by atoms with E-state index >= 15 is 0 Å². The largest absolute Gasteiger partial charge is 0.342 e. The molecule has 0 aromatic heterocycles. The van der Waals surface area contributed by atoms with E-state index in [9.17, 15) is 9.59 Å². The molecule has 0 saturated heterocycles. The maximum Gasteiger partial charge on any atom is 0.253 e. The highest BCUT2D eigenvalue weighted by molar-refractivity contribution is 5.97. The smallest absolute Gasteiger partial charge is 0.253 e. The first-order chi connectivity index (χ1) is 13.0. The van der Waals surface area contributed by atoms with Gasteiger partial charge in [-0.05, 0) is 31.6 Å². The van der Waals surface area contributed by atoms with Gasteiger partial charge in [0.2, 0.25) is 5.91 Å². The third-order valence-electron chi connectivity index (χ3n) is 6.94. The molecule has 3 rings (SSSR count). The Balaban J connectivity index is 1.61. The third-order valence-corrected chi connectivity index (χ3v) is 6.94.